The van der Waals surface area contributed by atoms with Gasteiger partial charge in [0.15, 0.2) is 5.78 Å². The first-order valence-corrected chi connectivity index (χ1v) is 10.7. The molecule has 29 heavy (non-hydrogen) atoms. The van der Waals surface area contributed by atoms with Gasteiger partial charge < -0.3 is 4.42 Å². The maximum Gasteiger partial charge on any atom is 0.262 e. The molecule has 3 aromatic carbocycles. The number of aryl methyl sites for hydroxylation is 3. The molecule has 0 unspecified atom stereocenters. The smallest absolute Gasteiger partial charge is 0.262 e. The van der Waals surface area contributed by atoms with Crippen molar-refractivity contribution in [3.8, 4) is 0 Å². The molecule has 0 amide bonds. The van der Waals surface area contributed by atoms with Gasteiger partial charge in [-0.3, -0.25) is 9.52 Å². The average Bonchev–Trinajstić information content (AvgIpc) is 2.97. The van der Waals surface area contributed by atoms with Crippen molar-refractivity contribution in [3.63, 3.8) is 0 Å². The summed E-state index contributed by atoms with van der Waals surface area (Å²) in [5, 5.41) is 2.06. The molecule has 0 atom stereocenters. The van der Waals surface area contributed by atoms with E-state index in [1.54, 1.807) is 32.0 Å². The fourth-order valence-corrected chi connectivity index (χ4v) is 5.16. The molecule has 4 aromatic rings. The molecule has 5 nitrogen and oxygen atoms in total. The number of fused-ring (bicyclic) bond motifs is 3. The minimum absolute atomic E-state index is 0.125. The van der Waals surface area contributed by atoms with E-state index in [4.69, 9.17) is 4.42 Å². The molecule has 0 bridgehead atoms. The van der Waals surface area contributed by atoms with Crippen LogP contribution < -0.4 is 4.72 Å². The van der Waals surface area contributed by atoms with Crippen LogP contribution in [0.2, 0.25) is 0 Å². The Labute approximate surface area is 169 Å². The van der Waals surface area contributed by atoms with Crippen LogP contribution in [0.5, 0.6) is 0 Å². The Balaban J connectivity index is 1.97. The Hall–Kier alpha value is -3.12. The molecule has 1 heterocycles. The highest BCUT2D eigenvalue weighted by Gasteiger charge is 2.22. The molecule has 1 aromatic heterocycles. The van der Waals surface area contributed by atoms with Crippen LogP contribution in [0.15, 0.2) is 57.8 Å². The number of carbonyl (C=O) groups excluding carboxylic acids is 1. The molecule has 1 N–H and O–H groups in total. The summed E-state index contributed by atoms with van der Waals surface area (Å²) in [4.78, 5) is 12.4. The zero-order chi connectivity index (χ0) is 20.9. The second kappa shape index (κ2) is 6.74. The maximum atomic E-state index is 13.1. The Kier molecular flexibility index (Phi) is 4.46. The van der Waals surface area contributed by atoms with Crippen LogP contribution >= 0.6 is 0 Å². The zero-order valence-electron chi connectivity index (χ0n) is 16.7. The average molecular weight is 407 g/mol. The van der Waals surface area contributed by atoms with Gasteiger partial charge in [0.05, 0.1) is 16.1 Å². The van der Waals surface area contributed by atoms with Gasteiger partial charge in [-0.2, -0.15) is 0 Å². The predicted molar refractivity (Wildman–Crippen MR) is 115 cm³/mol. The minimum Gasteiger partial charge on any atom is -0.460 e. The molecule has 148 valence electrons. The zero-order valence-corrected chi connectivity index (χ0v) is 17.5. The van der Waals surface area contributed by atoms with Crippen molar-refractivity contribution in [2.24, 2.45) is 0 Å². The van der Waals surface area contributed by atoms with Gasteiger partial charge in [-0.1, -0.05) is 42.0 Å². The number of nitrogens with one attached hydrogen (secondary N) is 1. The Morgan fingerprint density at radius 3 is 2.28 bits per heavy atom. The third kappa shape index (κ3) is 3.19. The summed E-state index contributed by atoms with van der Waals surface area (Å²) in [6.07, 6.45) is 0. The first-order valence-electron chi connectivity index (χ1n) is 9.25. The molecule has 0 aliphatic heterocycles. The van der Waals surface area contributed by atoms with Gasteiger partial charge in [0.1, 0.15) is 11.3 Å². The first kappa shape index (κ1) is 19.2. The largest absolute Gasteiger partial charge is 0.460 e. The molecule has 0 fully saturated rings. The van der Waals surface area contributed by atoms with Gasteiger partial charge in [-0.05, 0) is 45.4 Å². The van der Waals surface area contributed by atoms with E-state index < -0.39 is 10.0 Å². The molecular formula is C23H21NO4S. The van der Waals surface area contributed by atoms with Crippen molar-refractivity contribution < 1.29 is 17.6 Å². The number of furan rings is 1. The van der Waals surface area contributed by atoms with Crippen molar-refractivity contribution in [2.75, 3.05) is 4.72 Å². The van der Waals surface area contributed by atoms with Gasteiger partial charge in [-0.15, -0.1) is 0 Å². The number of Topliss-reactive ketones (excluding diaryl/α,β-unsaturated/α-hetero) is 1. The lowest BCUT2D eigenvalue weighted by Crippen LogP contribution is -2.14. The SMILES string of the molecule is CC(=O)c1c(C)oc2c1cc(NS(=O)(=O)c1ccc(C)cc1C)c1ccccc12. The Morgan fingerprint density at radius 2 is 1.62 bits per heavy atom. The van der Waals surface area contributed by atoms with Crippen molar-refractivity contribution in [3.05, 3.63) is 71.0 Å². The maximum absolute atomic E-state index is 13.1. The molecule has 4 rings (SSSR count). The number of hydrogen-bond donors (Lipinski definition) is 1. The normalized spacial score (nSPS) is 11.9. The molecular weight excluding hydrogens is 386 g/mol. The summed E-state index contributed by atoms with van der Waals surface area (Å²) >= 11 is 0. The molecule has 0 aliphatic carbocycles. The van der Waals surface area contributed by atoms with Gasteiger partial charge in [-0.25, -0.2) is 8.42 Å². The molecule has 0 saturated heterocycles. The summed E-state index contributed by atoms with van der Waals surface area (Å²) < 4.78 is 34.9. The second-order valence-corrected chi connectivity index (χ2v) is 8.96. The number of sulfonamides is 1. The Bertz CT molecular complexity index is 1400. The molecule has 0 spiro atoms. The van der Waals surface area contributed by atoms with Crippen LogP contribution in [0.3, 0.4) is 0 Å². The lowest BCUT2D eigenvalue weighted by Gasteiger charge is -2.13. The van der Waals surface area contributed by atoms with Gasteiger partial charge in [0.25, 0.3) is 10.0 Å². The fourth-order valence-electron chi connectivity index (χ4n) is 3.86. The number of benzene rings is 3. The van der Waals surface area contributed by atoms with Crippen LogP contribution in [0.4, 0.5) is 5.69 Å². The van der Waals surface area contributed by atoms with E-state index in [1.165, 1.54) is 6.92 Å². The van der Waals surface area contributed by atoms with Crippen LogP contribution in [0.1, 0.15) is 34.2 Å². The Morgan fingerprint density at radius 1 is 0.931 bits per heavy atom. The minimum atomic E-state index is -3.81. The van der Waals surface area contributed by atoms with Crippen molar-refractivity contribution in [1.29, 1.82) is 0 Å². The molecule has 0 radical (unpaired) electrons. The van der Waals surface area contributed by atoms with Crippen molar-refractivity contribution in [1.82, 2.24) is 0 Å². The van der Waals surface area contributed by atoms with Gasteiger partial charge >= 0.3 is 0 Å². The van der Waals surface area contributed by atoms with E-state index >= 15 is 0 Å². The highest BCUT2D eigenvalue weighted by atomic mass is 32.2. The van der Waals surface area contributed by atoms with E-state index in [0.29, 0.717) is 38.9 Å². The summed E-state index contributed by atoms with van der Waals surface area (Å²) in [7, 11) is -3.81. The highest BCUT2D eigenvalue weighted by molar-refractivity contribution is 7.92. The summed E-state index contributed by atoms with van der Waals surface area (Å²) in [5.41, 5.74) is 3.13. The van der Waals surface area contributed by atoms with Crippen LogP contribution in [-0.2, 0) is 10.0 Å². The first-order chi connectivity index (χ1) is 13.7. The second-order valence-electron chi connectivity index (χ2n) is 7.31. The van der Waals surface area contributed by atoms with E-state index in [0.717, 1.165) is 10.9 Å². The highest BCUT2D eigenvalue weighted by Crippen LogP contribution is 2.37. The summed E-state index contributed by atoms with van der Waals surface area (Å²) in [6, 6.07) is 14.3. The van der Waals surface area contributed by atoms with Crippen molar-refractivity contribution >= 4 is 43.2 Å². The van der Waals surface area contributed by atoms with Crippen LogP contribution in [0, 0.1) is 20.8 Å². The standard InChI is InChI=1S/C23H21NO4S/c1-13-9-10-21(14(2)11-13)29(26,27)24-20-12-19-22(15(3)25)16(4)28-23(19)18-8-6-5-7-17(18)20/h5-12,24H,1-4H3. The van der Waals surface area contributed by atoms with E-state index in [9.17, 15) is 13.2 Å². The monoisotopic (exact) mass is 407 g/mol. The predicted octanol–water partition coefficient (Wildman–Crippen LogP) is 5.51. The molecule has 0 saturated carbocycles. The number of hydrogen-bond acceptors (Lipinski definition) is 4. The topological polar surface area (TPSA) is 76.4 Å². The van der Waals surface area contributed by atoms with Crippen LogP contribution in [0.25, 0.3) is 21.7 Å². The van der Waals surface area contributed by atoms with E-state index in [2.05, 4.69) is 4.72 Å². The van der Waals surface area contributed by atoms with Gasteiger partial charge in [0.2, 0.25) is 0 Å². The number of ketones is 1. The van der Waals surface area contributed by atoms with E-state index in [1.807, 2.05) is 37.3 Å². The third-order valence-electron chi connectivity index (χ3n) is 5.09. The number of anilines is 1. The summed E-state index contributed by atoms with van der Waals surface area (Å²) in [6.45, 7) is 6.91. The quantitative estimate of drug-likeness (QED) is 0.452. The molecule has 6 heteroatoms. The van der Waals surface area contributed by atoms with Crippen LogP contribution in [-0.4, -0.2) is 14.2 Å². The third-order valence-corrected chi connectivity index (χ3v) is 6.61. The van der Waals surface area contributed by atoms with Gasteiger partial charge in [0, 0.05) is 16.2 Å². The van der Waals surface area contributed by atoms with Crippen molar-refractivity contribution in [2.45, 2.75) is 32.6 Å². The molecule has 0 aliphatic rings. The lowest BCUT2D eigenvalue weighted by atomic mass is 10.0. The summed E-state index contributed by atoms with van der Waals surface area (Å²) in [5.74, 6) is 0.395. The lowest BCUT2D eigenvalue weighted by molar-refractivity contribution is 0.101. The number of rotatable bonds is 4. The van der Waals surface area contributed by atoms with E-state index in [-0.39, 0.29) is 10.7 Å². The number of carbonyl (C=O) groups is 1. The fraction of sp³-hybridized carbons (Fsp3) is 0.174.